The molecule has 0 bridgehead atoms. The van der Waals surface area contributed by atoms with Crippen LogP contribution in [0.2, 0.25) is 0 Å². The molecule has 0 saturated carbocycles. The average molecular weight is 699 g/mol. The van der Waals surface area contributed by atoms with Gasteiger partial charge in [0.05, 0.1) is 12.4 Å². The highest BCUT2D eigenvalue weighted by molar-refractivity contribution is 7.99. The van der Waals surface area contributed by atoms with Gasteiger partial charge < -0.3 is 14.6 Å². The third-order valence-electron chi connectivity index (χ3n) is 8.94. The van der Waals surface area contributed by atoms with Gasteiger partial charge in [-0.05, 0) is 92.9 Å². The maximum Gasteiger partial charge on any atom is 0.341 e. The van der Waals surface area contributed by atoms with Crippen LogP contribution in [0.25, 0.3) is 27.8 Å². The third kappa shape index (κ3) is 9.74. The maximum absolute atomic E-state index is 11.0. The third-order valence-corrected chi connectivity index (χ3v) is 9.93. The van der Waals surface area contributed by atoms with Gasteiger partial charge in [0.25, 0.3) is 0 Å². The Kier molecular flexibility index (Phi) is 11.8. The highest BCUT2D eigenvalue weighted by Gasteiger charge is 2.18. The van der Waals surface area contributed by atoms with Gasteiger partial charge in [-0.1, -0.05) is 139 Å². The standard InChI is InChI=1S/C46H50O4S/c1-9-49-42(30-51-40-24-25-41(31(2)26-40)50-29-43(47)48)44(34-20-16-32(17-21-34)36-12-10-14-38(27-36)45(3,4)5)35-22-18-33(19-23-35)37-13-11-15-39(28-37)46(6,7)8/h10-28H,9,29-30H2,1-8H3,(H,47,48). The number of carbonyl (C=O) groups is 1. The van der Waals surface area contributed by atoms with Gasteiger partial charge >= 0.3 is 5.97 Å². The molecule has 0 aliphatic carbocycles. The number of hydrogen-bond acceptors (Lipinski definition) is 4. The summed E-state index contributed by atoms with van der Waals surface area (Å²) in [6.45, 7) is 17.6. The summed E-state index contributed by atoms with van der Waals surface area (Å²) in [5, 5.41) is 9.03. The molecule has 1 N–H and O–H groups in total. The van der Waals surface area contributed by atoms with E-state index >= 15 is 0 Å². The molecule has 5 heteroatoms. The summed E-state index contributed by atoms with van der Waals surface area (Å²) in [7, 11) is 0. The number of carboxylic acids is 1. The van der Waals surface area contributed by atoms with Gasteiger partial charge in [-0.3, -0.25) is 0 Å². The van der Waals surface area contributed by atoms with Gasteiger partial charge in [0.15, 0.2) is 6.61 Å². The molecule has 5 aromatic carbocycles. The molecule has 0 aliphatic heterocycles. The Morgan fingerprint density at radius 3 is 1.61 bits per heavy atom. The minimum absolute atomic E-state index is 0.0699. The van der Waals surface area contributed by atoms with Crippen LogP contribution in [0.15, 0.2) is 126 Å². The van der Waals surface area contributed by atoms with Crippen molar-refractivity contribution in [2.45, 2.75) is 71.1 Å². The minimum atomic E-state index is -0.996. The van der Waals surface area contributed by atoms with Crippen molar-refractivity contribution in [3.8, 4) is 28.0 Å². The van der Waals surface area contributed by atoms with E-state index in [0.717, 1.165) is 32.9 Å². The Morgan fingerprint density at radius 2 is 1.18 bits per heavy atom. The summed E-state index contributed by atoms with van der Waals surface area (Å²) >= 11 is 1.69. The van der Waals surface area contributed by atoms with E-state index < -0.39 is 5.97 Å². The molecule has 5 aromatic rings. The number of benzene rings is 5. The molecule has 0 atom stereocenters. The lowest BCUT2D eigenvalue weighted by molar-refractivity contribution is -0.139. The van der Waals surface area contributed by atoms with Crippen molar-refractivity contribution in [3.05, 3.63) is 149 Å². The predicted molar refractivity (Wildman–Crippen MR) is 214 cm³/mol. The molecule has 0 heterocycles. The van der Waals surface area contributed by atoms with Crippen LogP contribution in [0.5, 0.6) is 5.75 Å². The van der Waals surface area contributed by atoms with Crippen LogP contribution in [0.3, 0.4) is 0 Å². The molecule has 0 fully saturated rings. The van der Waals surface area contributed by atoms with Crippen LogP contribution in [-0.4, -0.2) is 30.0 Å². The van der Waals surface area contributed by atoms with E-state index in [-0.39, 0.29) is 17.4 Å². The summed E-state index contributed by atoms with van der Waals surface area (Å²) in [6, 6.07) is 41.1. The molecule has 4 nitrogen and oxygen atoms in total. The Hall–Kier alpha value is -4.74. The van der Waals surface area contributed by atoms with E-state index in [0.29, 0.717) is 18.1 Å². The van der Waals surface area contributed by atoms with E-state index in [1.165, 1.54) is 33.4 Å². The lowest BCUT2D eigenvalue weighted by atomic mass is 9.85. The first-order valence-electron chi connectivity index (χ1n) is 17.6. The maximum atomic E-state index is 11.0. The second-order valence-corrected chi connectivity index (χ2v) is 16.0. The van der Waals surface area contributed by atoms with Crippen molar-refractivity contribution < 1.29 is 19.4 Å². The van der Waals surface area contributed by atoms with Gasteiger partial charge in [-0.15, -0.1) is 11.8 Å². The molecule has 0 saturated heterocycles. The van der Waals surface area contributed by atoms with Crippen molar-refractivity contribution in [3.63, 3.8) is 0 Å². The lowest BCUT2D eigenvalue weighted by Crippen LogP contribution is -2.10. The van der Waals surface area contributed by atoms with Crippen LogP contribution < -0.4 is 4.74 Å². The number of hydrogen-bond donors (Lipinski definition) is 1. The molecule has 0 aliphatic rings. The van der Waals surface area contributed by atoms with E-state index in [4.69, 9.17) is 14.6 Å². The zero-order valence-corrected chi connectivity index (χ0v) is 32.0. The van der Waals surface area contributed by atoms with Gasteiger partial charge in [0.2, 0.25) is 0 Å². The van der Waals surface area contributed by atoms with E-state index in [2.05, 4.69) is 139 Å². The van der Waals surface area contributed by atoms with Crippen molar-refractivity contribution in [2.24, 2.45) is 0 Å². The predicted octanol–water partition coefficient (Wildman–Crippen LogP) is 12.0. The summed E-state index contributed by atoms with van der Waals surface area (Å²) < 4.78 is 11.9. The fraction of sp³-hybridized carbons (Fsp3) is 0.283. The molecular formula is C46H50O4S. The van der Waals surface area contributed by atoms with E-state index in [1.807, 2.05) is 32.0 Å². The fourth-order valence-corrected chi connectivity index (χ4v) is 6.95. The van der Waals surface area contributed by atoms with E-state index in [9.17, 15) is 4.79 Å². The molecule has 0 unspecified atom stereocenters. The lowest BCUT2D eigenvalue weighted by Gasteiger charge is -2.20. The smallest absolute Gasteiger partial charge is 0.341 e. The minimum Gasteiger partial charge on any atom is -0.497 e. The second kappa shape index (κ2) is 16.1. The molecule has 0 aromatic heterocycles. The molecule has 5 rings (SSSR count). The van der Waals surface area contributed by atoms with Gasteiger partial charge in [-0.25, -0.2) is 4.79 Å². The largest absolute Gasteiger partial charge is 0.497 e. The Balaban J connectivity index is 1.54. The number of rotatable bonds is 12. The monoisotopic (exact) mass is 698 g/mol. The summed E-state index contributed by atoms with van der Waals surface area (Å²) in [5.41, 5.74) is 11.6. The molecule has 0 radical (unpaired) electrons. The summed E-state index contributed by atoms with van der Waals surface area (Å²) in [4.78, 5) is 12.1. The van der Waals surface area contributed by atoms with Gasteiger partial charge in [0.1, 0.15) is 11.5 Å². The number of ether oxygens (including phenoxy) is 2. The molecular weight excluding hydrogens is 649 g/mol. The molecule has 0 amide bonds. The number of carboxylic acid groups (broad SMARTS) is 1. The Bertz CT molecular complexity index is 1890. The van der Waals surface area contributed by atoms with Gasteiger partial charge in [0, 0.05) is 10.5 Å². The van der Waals surface area contributed by atoms with Crippen molar-refractivity contribution in [1.82, 2.24) is 0 Å². The first-order chi connectivity index (χ1) is 24.2. The van der Waals surface area contributed by atoms with Crippen LogP contribution in [0.1, 0.15) is 76.3 Å². The highest BCUT2D eigenvalue weighted by atomic mass is 32.2. The Labute approximate surface area is 308 Å². The topological polar surface area (TPSA) is 55.8 Å². The molecule has 264 valence electrons. The van der Waals surface area contributed by atoms with Crippen LogP contribution in [0.4, 0.5) is 0 Å². The van der Waals surface area contributed by atoms with Crippen LogP contribution in [-0.2, 0) is 20.4 Å². The van der Waals surface area contributed by atoms with Crippen molar-refractivity contribution >= 4 is 23.3 Å². The first-order valence-corrected chi connectivity index (χ1v) is 18.6. The van der Waals surface area contributed by atoms with Crippen LogP contribution in [0, 0.1) is 6.92 Å². The van der Waals surface area contributed by atoms with Crippen molar-refractivity contribution in [1.29, 1.82) is 0 Å². The summed E-state index contributed by atoms with van der Waals surface area (Å²) in [5.74, 6) is 1.09. The fourth-order valence-electron chi connectivity index (χ4n) is 6.00. The second-order valence-electron chi connectivity index (χ2n) is 14.9. The van der Waals surface area contributed by atoms with Gasteiger partial charge in [-0.2, -0.15) is 0 Å². The summed E-state index contributed by atoms with van der Waals surface area (Å²) in [6.07, 6.45) is 0. The molecule has 51 heavy (non-hydrogen) atoms. The normalized spacial score (nSPS) is 11.6. The zero-order chi connectivity index (χ0) is 36.8. The number of aryl methyl sites for hydroxylation is 1. The zero-order valence-electron chi connectivity index (χ0n) is 31.2. The Morgan fingerprint density at radius 1 is 0.667 bits per heavy atom. The number of aliphatic carboxylic acids is 1. The first kappa shape index (κ1) is 37.5. The molecule has 0 spiro atoms. The number of thioether (sulfide) groups is 1. The quantitative estimate of drug-likeness (QED) is 0.104. The van der Waals surface area contributed by atoms with Crippen LogP contribution >= 0.6 is 11.8 Å². The SMILES string of the molecule is CCOC(CSc1ccc(OCC(=O)O)c(C)c1)=C(c1ccc(-c2cccc(C(C)(C)C)c2)cc1)c1ccc(-c2cccc(C(C)(C)C)c2)cc1. The average Bonchev–Trinajstić information content (AvgIpc) is 3.10. The highest BCUT2D eigenvalue weighted by Crippen LogP contribution is 2.36. The van der Waals surface area contributed by atoms with Crippen molar-refractivity contribution in [2.75, 3.05) is 19.0 Å². The van der Waals surface area contributed by atoms with E-state index in [1.54, 1.807) is 11.8 Å².